The Morgan fingerprint density at radius 3 is 2.76 bits per heavy atom. The highest BCUT2D eigenvalue weighted by Crippen LogP contribution is 2.24. The number of carbonyl (C=O) groups excluding carboxylic acids is 2. The molecule has 0 unspecified atom stereocenters. The average Bonchev–Trinajstić information content (AvgIpc) is 2.55. The lowest BCUT2D eigenvalue weighted by Crippen LogP contribution is -2.58. The van der Waals surface area contributed by atoms with Crippen molar-refractivity contribution in [1.29, 1.82) is 0 Å². The molecule has 2 amide bonds. The molecule has 1 fully saturated rings. The largest absolute Gasteiger partial charge is 0.379 e. The fourth-order valence-corrected chi connectivity index (χ4v) is 2.86. The molecule has 0 spiro atoms. The van der Waals surface area contributed by atoms with E-state index in [1.165, 1.54) is 17.9 Å². The van der Waals surface area contributed by atoms with Gasteiger partial charge in [0.1, 0.15) is 0 Å². The van der Waals surface area contributed by atoms with Gasteiger partial charge >= 0.3 is 0 Å². The van der Waals surface area contributed by atoms with E-state index in [9.17, 15) is 23.5 Å². The van der Waals surface area contributed by atoms with Crippen molar-refractivity contribution in [3.8, 4) is 0 Å². The van der Waals surface area contributed by atoms with Crippen LogP contribution in [-0.4, -0.2) is 53.6 Å². The Balaban J connectivity index is 1.92. The smallest absolute Gasteiger partial charge is 0.256 e. The summed E-state index contributed by atoms with van der Waals surface area (Å²) in [6.07, 6.45) is 0.937. The van der Waals surface area contributed by atoms with Crippen LogP contribution < -0.4 is 10.6 Å². The molecule has 1 aromatic rings. The van der Waals surface area contributed by atoms with Crippen LogP contribution in [0.1, 0.15) is 25.3 Å². The predicted octanol–water partition coefficient (Wildman–Crippen LogP) is 0.544. The Morgan fingerprint density at radius 2 is 2.08 bits per heavy atom. The minimum Gasteiger partial charge on any atom is -0.379 e. The third-order valence-electron chi connectivity index (χ3n) is 4.15. The molecule has 0 saturated carbocycles. The number of aliphatic hydroxyl groups is 1. The Kier molecular flexibility index (Phi) is 6.44. The molecule has 3 N–H and O–H groups in total. The summed E-state index contributed by atoms with van der Waals surface area (Å²) in [5, 5.41) is 16.2. The van der Waals surface area contributed by atoms with Crippen LogP contribution in [-0.2, 0) is 16.1 Å². The Morgan fingerprint density at radius 1 is 1.32 bits per heavy atom. The zero-order chi connectivity index (χ0) is 18.4. The molecule has 8 heteroatoms. The maximum absolute atomic E-state index is 13.3. The van der Waals surface area contributed by atoms with E-state index < -0.39 is 23.1 Å². The minimum atomic E-state index is -1.53. The van der Waals surface area contributed by atoms with Crippen molar-refractivity contribution in [2.24, 2.45) is 0 Å². The topological polar surface area (TPSA) is 81.7 Å². The summed E-state index contributed by atoms with van der Waals surface area (Å²) in [7, 11) is 0. The van der Waals surface area contributed by atoms with E-state index in [2.05, 4.69) is 10.6 Å². The molecule has 1 aliphatic heterocycles. The first kappa shape index (κ1) is 19.3. The molecule has 2 rings (SSSR count). The van der Waals surface area contributed by atoms with E-state index in [1.807, 2.05) is 0 Å². The van der Waals surface area contributed by atoms with E-state index in [0.717, 1.165) is 12.1 Å². The van der Waals surface area contributed by atoms with E-state index in [0.29, 0.717) is 38.0 Å². The van der Waals surface area contributed by atoms with Gasteiger partial charge in [-0.25, -0.2) is 8.78 Å². The normalized spacial score (nSPS) is 20.6. The molecule has 1 saturated heterocycles. The fourth-order valence-electron chi connectivity index (χ4n) is 2.86. The second kappa shape index (κ2) is 8.35. The molecule has 1 heterocycles. The van der Waals surface area contributed by atoms with Gasteiger partial charge in [0.05, 0.1) is 0 Å². The van der Waals surface area contributed by atoms with E-state index >= 15 is 0 Å². The van der Waals surface area contributed by atoms with Crippen molar-refractivity contribution in [2.75, 3.05) is 26.2 Å². The van der Waals surface area contributed by atoms with Crippen LogP contribution in [0, 0.1) is 11.6 Å². The molecule has 25 heavy (non-hydrogen) atoms. The molecule has 6 nitrogen and oxygen atoms in total. The molecule has 138 valence electrons. The van der Waals surface area contributed by atoms with E-state index in [4.69, 9.17) is 0 Å². The fraction of sp³-hybridized carbons (Fsp3) is 0.529. The van der Waals surface area contributed by atoms with E-state index in [-0.39, 0.29) is 19.0 Å². The van der Waals surface area contributed by atoms with Gasteiger partial charge in [-0.1, -0.05) is 6.07 Å². The van der Waals surface area contributed by atoms with Crippen LogP contribution in [0.25, 0.3) is 0 Å². The van der Waals surface area contributed by atoms with Crippen LogP contribution in [0.3, 0.4) is 0 Å². The minimum absolute atomic E-state index is 0.0691. The van der Waals surface area contributed by atoms with Gasteiger partial charge in [-0.15, -0.1) is 0 Å². The quantitative estimate of drug-likeness (QED) is 0.624. The highest BCUT2D eigenvalue weighted by molar-refractivity contribution is 5.86. The summed E-state index contributed by atoms with van der Waals surface area (Å²) >= 11 is 0. The third kappa shape index (κ3) is 5.20. The summed E-state index contributed by atoms with van der Waals surface area (Å²) in [6.45, 7) is 2.88. The van der Waals surface area contributed by atoms with Crippen molar-refractivity contribution in [1.82, 2.24) is 15.5 Å². The number of nitrogens with one attached hydrogen (secondary N) is 2. The summed E-state index contributed by atoms with van der Waals surface area (Å²) in [5.74, 6) is -2.48. The van der Waals surface area contributed by atoms with Crippen LogP contribution in [0.4, 0.5) is 8.78 Å². The van der Waals surface area contributed by atoms with Gasteiger partial charge in [0.25, 0.3) is 5.91 Å². The monoisotopic (exact) mass is 355 g/mol. The lowest BCUT2D eigenvalue weighted by atomic mass is 9.91. The number of likely N-dealkylation sites (tertiary alicyclic amines) is 1. The third-order valence-corrected chi connectivity index (χ3v) is 4.15. The number of halogens is 2. The van der Waals surface area contributed by atoms with Crippen LogP contribution >= 0.6 is 0 Å². The van der Waals surface area contributed by atoms with Crippen molar-refractivity contribution in [2.45, 2.75) is 31.9 Å². The molecule has 1 aromatic carbocycles. The molecular weight excluding hydrogens is 332 g/mol. The number of nitrogens with zero attached hydrogens (tertiary/aromatic N) is 1. The van der Waals surface area contributed by atoms with Gasteiger partial charge in [0.2, 0.25) is 5.91 Å². The van der Waals surface area contributed by atoms with Crippen molar-refractivity contribution in [3.63, 3.8) is 0 Å². The number of amides is 2. The maximum atomic E-state index is 13.3. The van der Waals surface area contributed by atoms with Crippen molar-refractivity contribution < 1.29 is 23.5 Å². The standard InChI is InChI=1S/C17H23F2N3O3/c1-12(23)21-7-6-20-11-17(25)5-2-8-22(16(17)24)10-13-3-4-14(18)15(19)9-13/h3-4,9,20,25H,2,5-8,10-11H2,1H3,(H,21,23)/t17-/m0/s1. The zero-order valence-corrected chi connectivity index (χ0v) is 14.1. The Bertz CT molecular complexity index is 642. The Hall–Kier alpha value is -2.06. The van der Waals surface area contributed by atoms with Gasteiger partial charge in [-0.05, 0) is 30.5 Å². The lowest BCUT2D eigenvalue weighted by Gasteiger charge is -2.38. The molecule has 1 atom stereocenters. The van der Waals surface area contributed by atoms with Crippen LogP contribution in [0.2, 0.25) is 0 Å². The molecule has 0 radical (unpaired) electrons. The molecular formula is C17H23F2N3O3. The zero-order valence-electron chi connectivity index (χ0n) is 14.1. The van der Waals surface area contributed by atoms with Crippen molar-refractivity contribution in [3.05, 3.63) is 35.4 Å². The highest BCUT2D eigenvalue weighted by Gasteiger charge is 2.41. The average molecular weight is 355 g/mol. The SMILES string of the molecule is CC(=O)NCCNC[C@@]1(O)CCCN(Cc2ccc(F)c(F)c2)C1=O. The number of piperidine rings is 1. The summed E-state index contributed by atoms with van der Waals surface area (Å²) < 4.78 is 26.3. The predicted molar refractivity (Wildman–Crippen MR) is 87.5 cm³/mol. The van der Waals surface area contributed by atoms with Gasteiger partial charge in [0.15, 0.2) is 17.2 Å². The summed E-state index contributed by atoms with van der Waals surface area (Å²) in [6, 6.07) is 3.50. The van der Waals surface area contributed by atoms with Crippen LogP contribution in [0.15, 0.2) is 18.2 Å². The molecule has 0 aliphatic carbocycles. The molecule has 1 aliphatic rings. The lowest BCUT2D eigenvalue weighted by molar-refractivity contribution is -0.157. The van der Waals surface area contributed by atoms with Crippen LogP contribution in [0.5, 0.6) is 0 Å². The van der Waals surface area contributed by atoms with Gasteiger partial charge in [-0.3, -0.25) is 9.59 Å². The number of hydrogen-bond donors (Lipinski definition) is 3. The number of rotatable bonds is 7. The van der Waals surface area contributed by atoms with E-state index in [1.54, 1.807) is 0 Å². The first-order chi connectivity index (χ1) is 11.8. The summed E-state index contributed by atoms with van der Waals surface area (Å²) in [4.78, 5) is 24.8. The van der Waals surface area contributed by atoms with Gasteiger partial charge < -0.3 is 20.6 Å². The first-order valence-corrected chi connectivity index (χ1v) is 8.23. The second-order valence-corrected chi connectivity index (χ2v) is 6.27. The van der Waals surface area contributed by atoms with Gasteiger partial charge in [0, 0.05) is 39.6 Å². The van der Waals surface area contributed by atoms with Gasteiger partial charge in [-0.2, -0.15) is 0 Å². The maximum Gasteiger partial charge on any atom is 0.256 e. The number of hydrogen-bond acceptors (Lipinski definition) is 4. The molecule has 0 aromatic heterocycles. The first-order valence-electron chi connectivity index (χ1n) is 8.23. The Labute approximate surface area is 145 Å². The summed E-state index contributed by atoms with van der Waals surface area (Å²) in [5.41, 5.74) is -1.07. The highest BCUT2D eigenvalue weighted by atomic mass is 19.2. The molecule has 0 bridgehead atoms. The number of benzene rings is 1. The van der Waals surface area contributed by atoms with Crippen molar-refractivity contribution >= 4 is 11.8 Å². The second-order valence-electron chi connectivity index (χ2n) is 6.27. The number of carbonyl (C=O) groups is 2.